The lowest BCUT2D eigenvalue weighted by molar-refractivity contribution is 0.171. The molecule has 1 aromatic carbocycles. The summed E-state index contributed by atoms with van der Waals surface area (Å²) in [5, 5.41) is 4.31. The zero-order valence-corrected chi connectivity index (χ0v) is 14.6. The highest BCUT2D eigenvalue weighted by Gasteiger charge is 2.19. The van der Waals surface area contributed by atoms with Crippen molar-refractivity contribution in [1.82, 2.24) is 19.6 Å². The van der Waals surface area contributed by atoms with Crippen molar-refractivity contribution in [2.24, 2.45) is 0 Å². The Kier molecular flexibility index (Phi) is 3.51. The number of hydrogen-bond donors (Lipinski definition) is 0. The van der Waals surface area contributed by atoms with Crippen LogP contribution in [0.25, 0.3) is 11.4 Å². The smallest absolute Gasteiger partial charge is 0.254 e. The Morgan fingerprint density at radius 1 is 1.08 bits per heavy atom. The van der Waals surface area contributed by atoms with Crippen LogP contribution in [0.3, 0.4) is 0 Å². The van der Waals surface area contributed by atoms with Crippen molar-refractivity contribution >= 4 is 17.2 Å². The van der Waals surface area contributed by atoms with Crippen LogP contribution in [0.4, 0.5) is 5.82 Å². The largest absolute Gasteiger partial charge is 0.486 e. The monoisotopic (exact) mass is 349 g/mol. The van der Waals surface area contributed by atoms with E-state index < -0.39 is 0 Å². The molecule has 2 aliphatic heterocycles. The fourth-order valence-electron chi connectivity index (χ4n) is 3.52. The quantitative estimate of drug-likeness (QED) is 0.708. The van der Waals surface area contributed by atoms with Crippen LogP contribution >= 0.6 is 0 Å². The molecule has 26 heavy (non-hydrogen) atoms. The van der Waals surface area contributed by atoms with E-state index in [4.69, 9.17) is 9.47 Å². The van der Waals surface area contributed by atoms with Crippen molar-refractivity contribution in [1.29, 1.82) is 0 Å². The van der Waals surface area contributed by atoms with Gasteiger partial charge in [-0.3, -0.25) is 0 Å². The summed E-state index contributed by atoms with van der Waals surface area (Å²) in [6, 6.07) is 8.26. The molecule has 5 rings (SSSR count). The second kappa shape index (κ2) is 6.01. The molecule has 0 radical (unpaired) electrons. The molecule has 0 saturated carbocycles. The second-order valence-electron chi connectivity index (χ2n) is 6.51. The summed E-state index contributed by atoms with van der Waals surface area (Å²) < 4.78 is 13.1. The van der Waals surface area contributed by atoms with Gasteiger partial charge in [-0.05, 0) is 36.6 Å². The molecule has 2 aliphatic rings. The lowest BCUT2D eigenvalue weighted by Gasteiger charge is -2.29. The molecule has 7 nitrogen and oxygen atoms in total. The summed E-state index contributed by atoms with van der Waals surface area (Å²) in [5.41, 5.74) is 3.48. The number of anilines is 1. The maximum Gasteiger partial charge on any atom is 0.254 e. The van der Waals surface area contributed by atoms with Crippen LogP contribution in [0.5, 0.6) is 11.5 Å². The van der Waals surface area contributed by atoms with Gasteiger partial charge in [-0.2, -0.15) is 14.6 Å². The molecular weight excluding hydrogens is 330 g/mol. The third kappa shape index (κ3) is 2.56. The van der Waals surface area contributed by atoms with Gasteiger partial charge in [0.1, 0.15) is 25.4 Å². The third-order valence-corrected chi connectivity index (χ3v) is 4.81. The summed E-state index contributed by atoms with van der Waals surface area (Å²) in [5.74, 6) is 3.34. The van der Waals surface area contributed by atoms with Gasteiger partial charge in [0, 0.05) is 24.8 Å². The molecule has 7 heteroatoms. The van der Waals surface area contributed by atoms with Crippen LogP contribution in [-0.4, -0.2) is 45.9 Å². The van der Waals surface area contributed by atoms with Gasteiger partial charge in [-0.25, -0.2) is 4.98 Å². The first kappa shape index (κ1) is 15.2. The Balaban J connectivity index is 1.42. The van der Waals surface area contributed by atoms with Crippen LogP contribution in [0.1, 0.15) is 17.7 Å². The first-order valence-electron chi connectivity index (χ1n) is 8.79. The van der Waals surface area contributed by atoms with Gasteiger partial charge < -0.3 is 14.4 Å². The van der Waals surface area contributed by atoms with E-state index in [0.29, 0.717) is 19.0 Å². The van der Waals surface area contributed by atoms with Crippen molar-refractivity contribution in [2.75, 3.05) is 31.2 Å². The molecule has 0 N–H and O–H groups in total. The van der Waals surface area contributed by atoms with E-state index in [1.54, 1.807) is 10.8 Å². The Morgan fingerprint density at radius 2 is 1.96 bits per heavy atom. The average Bonchev–Trinajstić information content (AvgIpc) is 3.15. The third-order valence-electron chi connectivity index (χ3n) is 4.81. The van der Waals surface area contributed by atoms with Crippen molar-refractivity contribution in [2.45, 2.75) is 13.3 Å². The maximum absolute atomic E-state index is 5.71. The number of aromatic nitrogens is 4. The molecule has 0 atom stereocenters. The number of aryl methyl sites for hydroxylation is 1. The van der Waals surface area contributed by atoms with E-state index in [1.807, 2.05) is 13.0 Å². The summed E-state index contributed by atoms with van der Waals surface area (Å²) in [7, 11) is 0. The van der Waals surface area contributed by atoms with E-state index in [-0.39, 0.29) is 0 Å². The number of hydrogen-bond acceptors (Lipinski definition) is 6. The van der Waals surface area contributed by atoms with Gasteiger partial charge >= 0.3 is 0 Å². The van der Waals surface area contributed by atoms with Gasteiger partial charge in [0.25, 0.3) is 5.78 Å². The number of nitrogens with zero attached hydrogens (tertiary/aromatic N) is 5. The van der Waals surface area contributed by atoms with Crippen molar-refractivity contribution < 1.29 is 9.47 Å². The summed E-state index contributed by atoms with van der Waals surface area (Å²) in [6.07, 6.45) is 4.77. The Labute approximate surface area is 150 Å². The van der Waals surface area contributed by atoms with Crippen LogP contribution in [0.2, 0.25) is 0 Å². The highest BCUT2D eigenvalue weighted by Crippen LogP contribution is 2.34. The molecule has 132 valence electrons. The van der Waals surface area contributed by atoms with E-state index in [1.165, 1.54) is 11.1 Å². The average molecular weight is 349 g/mol. The van der Waals surface area contributed by atoms with E-state index in [2.05, 4.69) is 44.2 Å². The summed E-state index contributed by atoms with van der Waals surface area (Å²) >= 11 is 0. The number of fused-ring (bicyclic) bond motifs is 2. The predicted molar refractivity (Wildman–Crippen MR) is 97.8 cm³/mol. The second-order valence-corrected chi connectivity index (χ2v) is 6.51. The fraction of sp³-hybridized carbons (Fsp3) is 0.316. The van der Waals surface area contributed by atoms with Crippen molar-refractivity contribution in [3.05, 3.63) is 47.9 Å². The van der Waals surface area contributed by atoms with Crippen LogP contribution in [0, 0.1) is 6.92 Å². The molecule has 0 unspecified atom stereocenters. The van der Waals surface area contributed by atoms with Crippen LogP contribution in [-0.2, 0) is 0 Å². The Morgan fingerprint density at radius 3 is 2.81 bits per heavy atom. The zero-order valence-electron chi connectivity index (χ0n) is 14.6. The fourth-order valence-corrected chi connectivity index (χ4v) is 3.52. The maximum atomic E-state index is 5.71. The SMILES string of the molecule is Cc1cc(N2CC=C(c3ccc4c(c3)OCCO4)CC2)n2ncnc2n1. The van der Waals surface area contributed by atoms with Crippen molar-refractivity contribution in [3.63, 3.8) is 0 Å². The van der Waals surface area contributed by atoms with Crippen LogP contribution in [0.15, 0.2) is 36.7 Å². The first-order valence-corrected chi connectivity index (χ1v) is 8.79. The zero-order chi connectivity index (χ0) is 17.5. The molecule has 0 spiro atoms. The van der Waals surface area contributed by atoms with Crippen LogP contribution < -0.4 is 14.4 Å². The van der Waals surface area contributed by atoms with Crippen molar-refractivity contribution in [3.8, 4) is 11.5 Å². The lowest BCUT2D eigenvalue weighted by atomic mass is 9.99. The van der Waals surface area contributed by atoms with Gasteiger partial charge in [0.15, 0.2) is 11.5 Å². The minimum absolute atomic E-state index is 0.610. The Bertz CT molecular complexity index is 1010. The van der Waals surface area contributed by atoms with Gasteiger partial charge in [-0.1, -0.05) is 12.1 Å². The number of rotatable bonds is 2. The highest BCUT2D eigenvalue weighted by atomic mass is 16.6. The molecule has 4 heterocycles. The topological polar surface area (TPSA) is 64.8 Å². The molecule has 0 amide bonds. The molecule has 0 aliphatic carbocycles. The molecule has 0 saturated heterocycles. The minimum Gasteiger partial charge on any atom is -0.486 e. The number of ether oxygens (including phenoxy) is 2. The lowest BCUT2D eigenvalue weighted by Crippen LogP contribution is -2.30. The summed E-state index contributed by atoms with van der Waals surface area (Å²) in [6.45, 7) is 4.95. The minimum atomic E-state index is 0.610. The first-order chi connectivity index (χ1) is 12.8. The highest BCUT2D eigenvalue weighted by molar-refractivity contribution is 5.70. The van der Waals surface area contributed by atoms with Gasteiger partial charge in [-0.15, -0.1) is 0 Å². The Hall–Kier alpha value is -3.09. The molecule has 0 fully saturated rings. The van der Waals surface area contributed by atoms with Gasteiger partial charge in [0.05, 0.1) is 0 Å². The summed E-state index contributed by atoms with van der Waals surface area (Å²) in [4.78, 5) is 10.9. The van der Waals surface area contributed by atoms with Gasteiger partial charge in [0.2, 0.25) is 0 Å². The molecular formula is C19H19N5O2. The van der Waals surface area contributed by atoms with E-state index in [9.17, 15) is 0 Å². The van der Waals surface area contributed by atoms with E-state index in [0.717, 1.165) is 42.5 Å². The standard InChI is InChI=1S/C19H19N5O2/c1-13-10-18(24-19(22-13)20-12-21-24)23-6-4-14(5-7-23)15-2-3-16-17(11-15)26-9-8-25-16/h2-4,10-12H,5-9H2,1H3. The molecule has 0 bridgehead atoms. The van der Waals surface area contributed by atoms with E-state index >= 15 is 0 Å². The normalized spacial score (nSPS) is 16.7. The number of benzene rings is 1. The molecule has 2 aromatic heterocycles. The molecule has 3 aromatic rings. The predicted octanol–water partition coefficient (Wildman–Crippen LogP) is 2.50.